The molecule has 0 unspecified atom stereocenters. The Bertz CT molecular complexity index is 1450. The van der Waals surface area contributed by atoms with E-state index in [4.69, 9.17) is 11.6 Å². The Morgan fingerprint density at radius 1 is 0.971 bits per heavy atom. The van der Waals surface area contributed by atoms with E-state index in [1.54, 1.807) is 0 Å². The molecular formula is C16H11ClCrN4Na2O9S2+. The van der Waals surface area contributed by atoms with Crippen molar-refractivity contribution in [3.05, 3.63) is 47.1 Å². The van der Waals surface area contributed by atoms with Gasteiger partial charge in [-0.2, -0.15) is 10.2 Å². The van der Waals surface area contributed by atoms with Crippen LogP contribution in [0.4, 0.5) is 11.4 Å². The first-order valence-corrected chi connectivity index (χ1v) is 11.2. The van der Waals surface area contributed by atoms with Crippen molar-refractivity contribution < 1.29 is 118 Å². The van der Waals surface area contributed by atoms with Crippen LogP contribution in [0.25, 0.3) is 5.69 Å². The second kappa shape index (κ2) is 13.8. The zero-order valence-electron chi connectivity index (χ0n) is 18.1. The second-order valence-corrected chi connectivity index (χ2v) is 9.17. The summed E-state index contributed by atoms with van der Waals surface area (Å²) < 4.78 is 67.9. The first kappa shape index (κ1) is 36.6. The van der Waals surface area contributed by atoms with E-state index in [9.17, 15) is 36.2 Å². The van der Waals surface area contributed by atoms with Crippen molar-refractivity contribution in [3.8, 4) is 17.3 Å². The van der Waals surface area contributed by atoms with Gasteiger partial charge in [-0.25, -0.2) is 21.5 Å². The summed E-state index contributed by atoms with van der Waals surface area (Å²) in [6.45, 7) is 1.37. The summed E-state index contributed by atoms with van der Waals surface area (Å²) >= 11 is 5.71. The predicted octanol–water partition coefficient (Wildman–Crippen LogP) is -5.61. The van der Waals surface area contributed by atoms with Crippen LogP contribution in [-0.2, 0) is 37.6 Å². The third-order valence-corrected chi connectivity index (χ3v) is 5.76. The van der Waals surface area contributed by atoms with E-state index in [0.29, 0.717) is 6.07 Å². The van der Waals surface area contributed by atoms with Gasteiger partial charge in [0.25, 0.3) is 0 Å². The van der Waals surface area contributed by atoms with E-state index < -0.39 is 47.3 Å². The fourth-order valence-electron chi connectivity index (χ4n) is 2.48. The normalized spacial score (nSPS) is 11.1. The van der Waals surface area contributed by atoms with Gasteiger partial charge in [-0.05, 0) is 37.3 Å². The Balaban J connectivity index is 0. The van der Waals surface area contributed by atoms with Gasteiger partial charge in [0.1, 0.15) is 25.9 Å². The monoisotopic (exact) mass is 600 g/mol. The van der Waals surface area contributed by atoms with Crippen LogP contribution in [0.2, 0.25) is 5.02 Å². The zero-order valence-corrected chi connectivity index (χ0v) is 25.8. The Labute approximate surface area is 259 Å². The van der Waals surface area contributed by atoms with Gasteiger partial charge in [0, 0.05) is 10.9 Å². The van der Waals surface area contributed by atoms with E-state index in [1.165, 1.54) is 19.1 Å². The molecule has 0 aliphatic rings. The molecule has 0 atom stereocenters. The topological polar surface area (TPSA) is 235 Å². The molecule has 1 radical (unpaired) electrons. The second-order valence-electron chi connectivity index (χ2n) is 6.01. The molecule has 3 rings (SSSR count). The minimum Gasteiger partial charge on any atom is -0.870 e. The molecule has 0 aliphatic carbocycles. The number of halogens is 1. The Morgan fingerprint density at radius 2 is 1.57 bits per heavy atom. The maximum atomic E-state index is 12.6. The largest absolute Gasteiger partial charge is 3.00 e. The van der Waals surface area contributed by atoms with E-state index in [2.05, 4.69) is 15.3 Å². The summed E-state index contributed by atoms with van der Waals surface area (Å²) in [7, 11) is -9.91. The van der Waals surface area contributed by atoms with Crippen molar-refractivity contribution in [2.24, 2.45) is 10.2 Å². The summed E-state index contributed by atoms with van der Waals surface area (Å²) in [6.07, 6.45) is 0. The number of azo groups is 1. The zero-order chi connectivity index (χ0) is 23.1. The van der Waals surface area contributed by atoms with Crippen LogP contribution in [0.1, 0.15) is 5.69 Å². The van der Waals surface area contributed by atoms with Crippen molar-refractivity contribution in [2.45, 2.75) is 16.7 Å². The number of benzene rings is 2. The molecule has 0 saturated heterocycles. The minimum absolute atomic E-state index is 0. The van der Waals surface area contributed by atoms with Crippen LogP contribution in [0.15, 0.2) is 56.4 Å². The Kier molecular flexibility index (Phi) is 14.5. The molecule has 2 aromatic carbocycles. The molecule has 2 N–H and O–H groups in total. The van der Waals surface area contributed by atoms with E-state index >= 15 is 0 Å². The summed E-state index contributed by atoms with van der Waals surface area (Å²) in [5.74, 6) is -2.12. The van der Waals surface area contributed by atoms with Crippen molar-refractivity contribution >= 4 is 43.2 Å². The smallest absolute Gasteiger partial charge is 0.870 e. The number of aromatic nitrogens is 2. The third-order valence-electron chi connectivity index (χ3n) is 3.87. The van der Waals surface area contributed by atoms with Gasteiger partial charge >= 0.3 is 76.5 Å². The van der Waals surface area contributed by atoms with Crippen molar-refractivity contribution in [1.29, 1.82) is 0 Å². The quantitative estimate of drug-likeness (QED) is 0.154. The van der Waals surface area contributed by atoms with Crippen LogP contribution >= 0.6 is 11.6 Å². The molecule has 19 heteroatoms. The maximum absolute atomic E-state index is 12.6. The summed E-state index contributed by atoms with van der Waals surface area (Å²) in [5.41, 5.74) is -0.983. The molecule has 1 aromatic heterocycles. The number of rotatable bonds is 5. The average Bonchev–Trinajstić information content (AvgIpc) is 2.94. The molecule has 175 valence electrons. The Morgan fingerprint density at radius 3 is 2.11 bits per heavy atom. The van der Waals surface area contributed by atoms with Gasteiger partial charge in [0.05, 0.1) is 26.9 Å². The van der Waals surface area contributed by atoms with Crippen molar-refractivity contribution in [1.82, 2.24) is 9.78 Å². The van der Waals surface area contributed by atoms with Gasteiger partial charge in [0.15, 0.2) is 0 Å². The van der Waals surface area contributed by atoms with Gasteiger partial charge < -0.3 is 24.8 Å². The van der Waals surface area contributed by atoms with Crippen LogP contribution in [-0.4, -0.2) is 41.2 Å². The molecule has 3 aromatic rings. The predicted molar refractivity (Wildman–Crippen MR) is 102 cm³/mol. The summed E-state index contributed by atoms with van der Waals surface area (Å²) in [6, 6.07) is 6.17. The SMILES string of the molecule is Cc1nn(-c2cccc(S(=O)(=O)[O-])c2)c([O-])c1N=Nc1cc(Cl)cc(S(=O)(=O)[O-])c1[O-].O.[Cr+3].[Na+].[Na+]. The van der Waals surface area contributed by atoms with Gasteiger partial charge in [-0.3, -0.25) is 0 Å². The first-order valence-electron chi connectivity index (χ1n) is 8.00. The van der Waals surface area contributed by atoms with Crippen LogP contribution in [0, 0.1) is 6.92 Å². The Hall–Kier alpha value is -0.548. The fraction of sp³-hybridized carbons (Fsp3) is 0.0625. The van der Waals surface area contributed by atoms with Crippen LogP contribution in [0.5, 0.6) is 11.6 Å². The molecule has 35 heavy (non-hydrogen) atoms. The van der Waals surface area contributed by atoms with E-state index in [-0.39, 0.29) is 104 Å². The van der Waals surface area contributed by atoms with E-state index in [0.717, 1.165) is 22.9 Å². The molecule has 0 bridgehead atoms. The molecule has 0 saturated carbocycles. The number of nitrogens with zero attached hydrogens (tertiary/aromatic N) is 4. The maximum Gasteiger partial charge on any atom is 3.00 e. The third kappa shape index (κ3) is 8.48. The average molecular weight is 601 g/mol. The minimum atomic E-state index is -5.13. The fourth-order valence-corrected chi connectivity index (χ4v) is 3.87. The molecular weight excluding hydrogens is 590 g/mol. The first-order chi connectivity index (χ1) is 14.3. The van der Waals surface area contributed by atoms with Gasteiger partial charge in [0.2, 0.25) is 0 Å². The molecule has 0 aliphatic heterocycles. The number of aryl methyl sites for hydroxylation is 1. The molecule has 1 heterocycles. The summed E-state index contributed by atoms with van der Waals surface area (Å²) in [5, 5.41) is 35.5. The van der Waals surface area contributed by atoms with Crippen LogP contribution < -0.4 is 69.3 Å². The van der Waals surface area contributed by atoms with Gasteiger partial charge in [-0.15, -0.1) is 5.11 Å². The summed E-state index contributed by atoms with van der Waals surface area (Å²) in [4.78, 5) is -1.71. The van der Waals surface area contributed by atoms with Crippen molar-refractivity contribution in [3.63, 3.8) is 0 Å². The molecule has 13 nitrogen and oxygen atoms in total. The number of hydrogen-bond donors (Lipinski definition) is 0. The van der Waals surface area contributed by atoms with Crippen molar-refractivity contribution in [2.75, 3.05) is 0 Å². The molecule has 0 fully saturated rings. The standard InChI is InChI=1S/C16H13ClN4O8S2.Cr.2Na.H2O/c1-8-14(19-18-12-5-9(17)6-13(15(12)22)31(27,28)29)16(23)21(20-8)10-3-2-4-11(7-10)30(24,25)26;;;;/h2-7,22-23H,1H3,(H,24,25,26)(H,27,28,29);;;;1H2/q;+3;2*+1;/p-4. The van der Waals surface area contributed by atoms with Crippen LogP contribution in [0.3, 0.4) is 0 Å². The van der Waals surface area contributed by atoms with Gasteiger partial charge in [-0.1, -0.05) is 23.4 Å². The molecule has 0 amide bonds. The van der Waals surface area contributed by atoms with E-state index in [1.807, 2.05) is 0 Å². The molecule has 0 spiro atoms. The number of hydrogen-bond acceptors (Lipinski definition) is 11.